The Balaban J connectivity index is 1.63. The summed E-state index contributed by atoms with van der Waals surface area (Å²) in [5.74, 6) is 0.837. The second-order valence-electron chi connectivity index (χ2n) is 8.83. The Morgan fingerprint density at radius 3 is 2.47 bits per heavy atom. The molecule has 5 rings (SSSR count). The van der Waals surface area contributed by atoms with E-state index in [0.717, 1.165) is 22.2 Å². The zero-order valence-electron chi connectivity index (χ0n) is 18.9. The number of aryl methyl sites for hydroxylation is 1. The van der Waals surface area contributed by atoms with Gasteiger partial charge in [0.2, 0.25) is 0 Å². The Labute approximate surface area is 195 Å². The average molecular weight is 447 g/mol. The molecule has 0 spiro atoms. The van der Waals surface area contributed by atoms with Gasteiger partial charge in [-0.1, -0.05) is 18.9 Å². The molecule has 3 aromatic rings. The summed E-state index contributed by atoms with van der Waals surface area (Å²) in [5, 5.41) is 4.30. The highest BCUT2D eigenvalue weighted by atomic mass is 32.1. The number of pyridine rings is 1. The third kappa shape index (κ3) is 3.56. The SMILES string of the molecule is COc1ccc(N2C(=S)N[C@@H](c3ccccn3)[C@@H]2c2cc(C)n(C3CCCC3)c2C)cc1. The Hall–Kier alpha value is -2.86. The van der Waals surface area contributed by atoms with E-state index in [-0.39, 0.29) is 12.1 Å². The first-order valence-corrected chi connectivity index (χ1v) is 11.8. The van der Waals surface area contributed by atoms with Crippen molar-refractivity contribution in [3.8, 4) is 5.75 Å². The van der Waals surface area contributed by atoms with Gasteiger partial charge in [0.25, 0.3) is 0 Å². The standard InChI is InChI=1S/C26H30N4OS/c1-17-16-22(18(2)29(17)19-8-4-5-9-19)25-24(23-10-6-7-15-27-23)28-26(32)30(25)20-11-13-21(31-3)14-12-20/h6-7,10-16,19,24-25H,4-5,8-9H2,1-3H3,(H,28,32)/t24-,25-/m0/s1. The zero-order chi connectivity index (χ0) is 22.2. The molecular formula is C26H30N4OS. The van der Waals surface area contributed by atoms with Crippen molar-refractivity contribution in [2.75, 3.05) is 12.0 Å². The van der Waals surface area contributed by atoms with Crippen molar-refractivity contribution >= 4 is 23.0 Å². The molecule has 2 aliphatic rings. The Kier molecular flexibility index (Phi) is 5.64. The van der Waals surface area contributed by atoms with Crippen LogP contribution in [0.2, 0.25) is 0 Å². The monoisotopic (exact) mass is 446 g/mol. The molecule has 3 heterocycles. The molecule has 2 fully saturated rings. The number of methoxy groups -OCH3 is 1. The quantitative estimate of drug-likeness (QED) is 0.502. The van der Waals surface area contributed by atoms with E-state index in [4.69, 9.17) is 17.0 Å². The number of benzene rings is 1. The number of nitrogens with one attached hydrogen (secondary N) is 1. The summed E-state index contributed by atoms with van der Waals surface area (Å²) >= 11 is 5.88. The second kappa shape index (κ2) is 8.58. The molecule has 1 saturated heterocycles. The van der Waals surface area contributed by atoms with Crippen molar-refractivity contribution in [2.24, 2.45) is 0 Å². The molecule has 5 nitrogen and oxygen atoms in total. The summed E-state index contributed by atoms with van der Waals surface area (Å²) in [5.41, 5.74) is 6.04. The summed E-state index contributed by atoms with van der Waals surface area (Å²) in [4.78, 5) is 6.93. The van der Waals surface area contributed by atoms with Gasteiger partial charge in [0, 0.05) is 29.3 Å². The summed E-state index contributed by atoms with van der Waals surface area (Å²) in [7, 11) is 1.69. The lowest BCUT2D eigenvalue weighted by Gasteiger charge is -2.28. The molecule has 1 saturated carbocycles. The lowest BCUT2D eigenvalue weighted by Crippen LogP contribution is -2.29. The largest absolute Gasteiger partial charge is 0.497 e. The molecule has 1 N–H and O–H groups in total. The highest BCUT2D eigenvalue weighted by Gasteiger charge is 2.42. The highest BCUT2D eigenvalue weighted by Crippen LogP contribution is 2.45. The van der Waals surface area contributed by atoms with Gasteiger partial charge in [-0.05, 0) is 86.9 Å². The number of nitrogens with zero attached hydrogens (tertiary/aromatic N) is 3. The molecule has 0 amide bonds. The fourth-order valence-electron chi connectivity index (χ4n) is 5.52. The van der Waals surface area contributed by atoms with Crippen molar-refractivity contribution < 1.29 is 4.74 Å². The van der Waals surface area contributed by atoms with Crippen molar-refractivity contribution in [1.29, 1.82) is 0 Å². The van der Waals surface area contributed by atoms with Crippen LogP contribution in [-0.2, 0) is 0 Å². The summed E-state index contributed by atoms with van der Waals surface area (Å²) < 4.78 is 7.94. The number of hydrogen-bond acceptors (Lipinski definition) is 3. The normalized spacial score (nSPS) is 21.2. The first-order chi connectivity index (χ1) is 15.6. The fraction of sp³-hybridized carbons (Fsp3) is 0.385. The number of anilines is 1. The van der Waals surface area contributed by atoms with Gasteiger partial charge < -0.3 is 19.5 Å². The van der Waals surface area contributed by atoms with Crippen LogP contribution >= 0.6 is 12.2 Å². The van der Waals surface area contributed by atoms with E-state index in [9.17, 15) is 0 Å². The maximum atomic E-state index is 5.88. The zero-order valence-corrected chi connectivity index (χ0v) is 19.7. The van der Waals surface area contributed by atoms with Crippen molar-refractivity contribution in [2.45, 2.75) is 57.7 Å². The molecule has 0 radical (unpaired) electrons. The van der Waals surface area contributed by atoms with Crippen LogP contribution in [0.4, 0.5) is 5.69 Å². The van der Waals surface area contributed by atoms with Crippen LogP contribution in [0.25, 0.3) is 0 Å². The highest BCUT2D eigenvalue weighted by molar-refractivity contribution is 7.80. The minimum Gasteiger partial charge on any atom is -0.497 e. The molecule has 32 heavy (non-hydrogen) atoms. The van der Waals surface area contributed by atoms with Gasteiger partial charge in [-0.25, -0.2) is 0 Å². The third-order valence-electron chi connectivity index (χ3n) is 6.98. The molecule has 1 aliphatic carbocycles. The lowest BCUT2D eigenvalue weighted by molar-refractivity contribution is 0.415. The van der Waals surface area contributed by atoms with E-state index in [1.807, 2.05) is 30.5 Å². The number of thiocarbonyl (C=S) groups is 1. The van der Waals surface area contributed by atoms with E-state index >= 15 is 0 Å². The van der Waals surface area contributed by atoms with Gasteiger partial charge in [0.15, 0.2) is 5.11 Å². The van der Waals surface area contributed by atoms with Crippen LogP contribution < -0.4 is 15.0 Å². The van der Waals surface area contributed by atoms with Crippen LogP contribution in [0.3, 0.4) is 0 Å². The summed E-state index contributed by atoms with van der Waals surface area (Å²) in [6, 6.07) is 17.2. The Morgan fingerprint density at radius 1 is 1.06 bits per heavy atom. The number of ether oxygens (including phenoxy) is 1. The van der Waals surface area contributed by atoms with Gasteiger partial charge in [-0.3, -0.25) is 4.98 Å². The van der Waals surface area contributed by atoms with Gasteiger partial charge in [-0.2, -0.15) is 0 Å². The molecule has 6 heteroatoms. The second-order valence-corrected chi connectivity index (χ2v) is 9.22. The fourth-order valence-corrected chi connectivity index (χ4v) is 5.86. The minimum absolute atomic E-state index is 0.0205. The van der Waals surface area contributed by atoms with E-state index in [0.29, 0.717) is 6.04 Å². The Bertz CT molecular complexity index is 1100. The molecule has 2 aromatic heterocycles. The van der Waals surface area contributed by atoms with Crippen LogP contribution in [0.5, 0.6) is 5.75 Å². The molecule has 166 valence electrons. The van der Waals surface area contributed by atoms with Gasteiger partial charge in [0.05, 0.1) is 24.9 Å². The molecule has 1 aromatic carbocycles. The van der Waals surface area contributed by atoms with Crippen LogP contribution in [0.1, 0.15) is 66.5 Å². The molecule has 1 aliphatic heterocycles. The minimum atomic E-state index is -0.0247. The van der Waals surface area contributed by atoms with Crippen molar-refractivity contribution in [3.05, 3.63) is 77.4 Å². The van der Waals surface area contributed by atoms with Gasteiger partial charge >= 0.3 is 0 Å². The molecule has 0 unspecified atom stereocenters. The predicted octanol–water partition coefficient (Wildman–Crippen LogP) is 5.80. The van der Waals surface area contributed by atoms with Crippen molar-refractivity contribution in [1.82, 2.24) is 14.9 Å². The van der Waals surface area contributed by atoms with Crippen molar-refractivity contribution in [3.63, 3.8) is 0 Å². The molecule has 0 bridgehead atoms. The first-order valence-electron chi connectivity index (χ1n) is 11.4. The van der Waals surface area contributed by atoms with Crippen LogP contribution in [-0.4, -0.2) is 21.8 Å². The van der Waals surface area contributed by atoms with Crippen LogP contribution in [0.15, 0.2) is 54.7 Å². The topological polar surface area (TPSA) is 42.3 Å². The van der Waals surface area contributed by atoms with E-state index in [1.165, 1.54) is 42.6 Å². The number of hydrogen-bond donors (Lipinski definition) is 1. The summed E-state index contributed by atoms with van der Waals surface area (Å²) in [6.45, 7) is 4.51. The summed E-state index contributed by atoms with van der Waals surface area (Å²) in [6.07, 6.45) is 7.03. The maximum absolute atomic E-state index is 5.88. The van der Waals surface area contributed by atoms with Gasteiger partial charge in [0.1, 0.15) is 5.75 Å². The molecular weight excluding hydrogens is 416 g/mol. The first kappa shape index (κ1) is 21.0. The van der Waals surface area contributed by atoms with E-state index < -0.39 is 0 Å². The van der Waals surface area contributed by atoms with E-state index in [1.54, 1.807) is 7.11 Å². The third-order valence-corrected chi connectivity index (χ3v) is 7.30. The lowest BCUT2D eigenvalue weighted by atomic mass is 9.96. The predicted molar refractivity (Wildman–Crippen MR) is 132 cm³/mol. The Morgan fingerprint density at radius 2 is 1.81 bits per heavy atom. The smallest absolute Gasteiger partial charge is 0.174 e. The average Bonchev–Trinajstić information content (AvgIpc) is 3.52. The number of aromatic nitrogens is 2. The maximum Gasteiger partial charge on any atom is 0.174 e. The van der Waals surface area contributed by atoms with Crippen LogP contribution in [0, 0.1) is 13.8 Å². The van der Waals surface area contributed by atoms with E-state index in [2.05, 4.69) is 57.9 Å². The van der Waals surface area contributed by atoms with Gasteiger partial charge in [-0.15, -0.1) is 0 Å². The molecule has 2 atom stereocenters. The number of rotatable bonds is 5.